The molecule has 0 atom stereocenters. The Hall–Kier alpha value is -2.82. The van der Waals surface area contributed by atoms with Crippen LogP contribution in [-0.2, 0) is 20.7 Å². The molecule has 2 aromatic carbocycles. The number of hydrogen-bond acceptors (Lipinski definition) is 4. The number of nitrogens with one attached hydrogen (secondary N) is 1. The van der Waals surface area contributed by atoms with Crippen molar-refractivity contribution < 1.29 is 19.1 Å². The first-order valence-electron chi connectivity index (χ1n) is 10.4. The number of anilines is 1. The average molecular weight is 398 g/mol. The van der Waals surface area contributed by atoms with Crippen molar-refractivity contribution in [3.63, 3.8) is 0 Å². The van der Waals surface area contributed by atoms with Crippen LogP contribution in [0.5, 0.6) is 5.75 Å². The Morgan fingerprint density at radius 3 is 2.34 bits per heavy atom. The van der Waals surface area contributed by atoms with E-state index in [1.165, 1.54) is 5.56 Å². The van der Waals surface area contributed by atoms with Crippen LogP contribution in [0.4, 0.5) is 5.69 Å². The summed E-state index contributed by atoms with van der Waals surface area (Å²) in [6, 6.07) is 17.4. The molecule has 2 aromatic rings. The fourth-order valence-corrected chi connectivity index (χ4v) is 2.76. The maximum atomic E-state index is 12.0. The molecule has 0 aromatic heterocycles. The molecular formula is C24H31NO4. The molecule has 5 heteroatoms. The van der Waals surface area contributed by atoms with Crippen LogP contribution >= 0.6 is 0 Å². The highest BCUT2D eigenvalue weighted by Gasteiger charge is 2.07. The predicted molar refractivity (Wildman–Crippen MR) is 115 cm³/mol. The van der Waals surface area contributed by atoms with Crippen molar-refractivity contribution in [3.05, 3.63) is 60.2 Å². The van der Waals surface area contributed by atoms with Gasteiger partial charge in [0.05, 0.1) is 13.2 Å². The second kappa shape index (κ2) is 13.4. The van der Waals surface area contributed by atoms with Gasteiger partial charge in [0.25, 0.3) is 0 Å². The van der Waals surface area contributed by atoms with Crippen LogP contribution in [0.15, 0.2) is 54.6 Å². The monoisotopic (exact) mass is 397 g/mol. The molecule has 0 fully saturated rings. The Labute approximate surface area is 173 Å². The molecule has 0 spiro atoms. The van der Waals surface area contributed by atoms with Crippen LogP contribution in [0.3, 0.4) is 0 Å². The summed E-state index contributed by atoms with van der Waals surface area (Å²) in [6.07, 6.45) is 4.81. The largest absolute Gasteiger partial charge is 0.494 e. The lowest BCUT2D eigenvalue weighted by Crippen LogP contribution is -2.13. The number of aryl methyl sites for hydroxylation is 1. The maximum Gasteiger partial charge on any atom is 0.305 e. The molecule has 1 amide bonds. The van der Waals surface area contributed by atoms with Crippen LogP contribution in [0, 0.1) is 0 Å². The van der Waals surface area contributed by atoms with Crippen molar-refractivity contribution in [1.29, 1.82) is 0 Å². The zero-order chi connectivity index (χ0) is 20.7. The Kier molecular flexibility index (Phi) is 10.4. The van der Waals surface area contributed by atoms with Crippen molar-refractivity contribution in [1.82, 2.24) is 0 Å². The Balaban J connectivity index is 1.55. The molecule has 0 saturated carbocycles. The van der Waals surface area contributed by atoms with Crippen molar-refractivity contribution in [3.8, 4) is 5.75 Å². The van der Waals surface area contributed by atoms with Gasteiger partial charge < -0.3 is 14.8 Å². The number of unbranched alkanes of at least 4 members (excludes halogenated alkanes) is 1. The fraction of sp³-hybridized carbons (Fsp3) is 0.417. The van der Waals surface area contributed by atoms with Crippen LogP contribution < -0.4 is 10.1 Å². The molecule has 0 bridgehead atoms. The number of rotatable bonds is 13. The summed E-state index contributed by atoms with van der Waals surface area (Å²) < 4.78 is 10.8. The molecule has 2 rings (SSSR count). The summed E-state index contributed by atoms with van der Waals surface area (Å²) in [5.41, 5.74) is 1.96. The van der Waals surface area contributed by atoms with Gasteiger partial charge in [-0.25, -0.2) is 0 Å². The smallest absolute Gasteiger partial charge is 0.305 e. The second-order valence-electron chi connectivity index (χ2n) is 6.94. The Bertz CT molecular complexity index is 728. The first-order valence-corrected chi connectivity index (χ1v) is 10.4. The summed E-state index contributed by atoms with van der Waals surface area (Å²) in [6.45, 7) is 3.23. The Morgan fingerprint density at radius 1 is 0.862 bits per heavy atom. The molecule has 0 unspecified atom stereocenters. The van der Waals surface area contributed by atoms with Crippen LogP contribution in [0.25, 0.3) is 0 Å². The first kappa shape index (κ1) is 22.5. The molecule has 0 heterocycles. The summed E-state index contributed by atoms with van der Waals surface area (Å²) in [5.74, 6) is 0.437. The van der Waals surface area contributed by atoms with Crippen LogP contribution in [0.2, 0.25) is 0 Å². The number of amides is 1. The minimum absolute atomic E-state index is 0.110. The zero-order valence-corrected chi connectivity index (χ0v) is 17.2. The second-order valence-corrected chi connectivity index (χ2v) is 6.94. The highest BCUT2D eigenvalue weighted by Crippen LogP contribution is 2.16. The first-order chi connectivity index (χ1) is 14.2. The van der Waals surface area contributed by atoms with Crippen molar-refractivity contribution >= 4 is 17.6 Å². The summed E-state index contributed by atoms with van der Waals surface area (Å²) in [4.78, 5) is 23.8. The molecule has 1 N–H and O–H groups in total. The van der Waals surface area contributed by atoms with Gasteiger partial charge in [0.1, 0.15) is 5.75 Å². The molecule has 29 heavy (non-hydrogen) atoms. The molecule has 0 aliphatic carbocycles. The molecule has 0 aliphatic heterocycles. The summed E-state index contributed by atoms with van der Waals surface area (Å²) in [5, 5.41) is 2.83. The van der Waals surface area contributed by atoms with Gasteiger partial charge in [-0.1, -0.05) is 43.7 Å². The van der Waals surface area contributed by atoms with Crippen molar-refractivity contribution in [2.75, 3.05) is 18.5 Å². The zero-order valence-electron chi connectivity index (χ0n) is 17.2. The minimum atomic E-state index is -0.251. The third kappa shape index (κ3) is 9.79. The molecule has 0 saturated heterocycles. The van der Waals surface area contributed by atoms with E-state index in [1.807, 2.05) is 42.5 Å². The average Bonchev–Trinajstić information content (AvgIpc) is 2.73. The van der Waals surface area contributed by atoms with Crippen LogP contribution in [0.1, 0.15) is 51.0 Å². The van der Waals surface area contributed by atoms with Gasteiger partial charge in [0.15, 0.2) is 0 Å². The van der Waals surface area contributed by atoms with Gasteiger partial charge in [-0.3, -0.25) is 9.59 Å². The molecule has 5 nitrogen and oxygen atoms in total. The van der Waals surface area contributed by atoms with Crippen LogP contribution in [-0.4, -0.2) is 25.1 Å². The highest BCUT2D eigenvalue weighted by atomic mass is 16.5. The van der Waals surface area contributed by atoms with E-state index in [-0.39, 0.29) is 24.7 Å². The van der Waals surface area contributed by atoms with E-state index in [9.17, 15) is 9.59 Å². The van der Waals surface area contributed by atoms with E-state index in [1.54, 1.807) is 0 Å². The minimum Gasteiger partial charge on any atom is -0.494 e. The SMILES string of the molecule is CCCCOc1ccc(NC(=O)CCCC(=O)OCCCc2ccccc2)cc1. The maximum absolute atomic E-state index is 12.0. The Morgan fingerprint density at radius 2 is 1.62 bits per heavy atom. The third-order valence-electron chi connectivity index (χ3n) is 4.41. The van der Waals surface area contributed by atoms with E-state index in [2.05, 4.69) is 24.4 Å². The third-order valence-corrected chi connectivity index (χ3v) is 4.41. The molecule has 0 aliphatic rings. The van der Waals surface area contributed by atoms with E-state index >= 15 is 0 Å². The standard InChI is InChI=1S/C24H31NO4/c1-2-3-18-28-22-16-14-21(15-17-22)25-23(26)12-7-13-24(27)29-19-8-11-20-9-5-4-6-10-20/h4-6,9-10,14-17H,2-3,7-8,11-13,18-19H2,1H3,(H,25,26). The van der Waals surface area contributed by atoms with E-state index in [0.29, 0.717) is 19.6 Å². The fourth-order valence-electron chi connectivity index (χ4n) is 2.76. The number of ether oxygens (including phenoxy) is 2. The summed E-state index contributed by atoms with van der Waals surface area (Å²) >= 11 is 0. The highest BCUT2D eigenvalue weighted by molar-refractivity contribution is 5.90. The van der Waals surface area contributed by atoms with E-state index in [0.717, 1.165) is 37.1 Å². The quantitative estimate of drug-likeness (QED) is 0.375. The molecular weight excluding hydrogens is 366 g/mol. The lowest BCUT2D eigenvalue weighted by molar-refractivity contribution is -0.143. The van der Waals surface area contributed by atoms with Gasteiger partial charge in [-0.05, 0) is 55.5 Å². The number of carbonyl (C=O) groups excluding carboxylic acids is 2. The molecule has 0 radical (unpaired) electrons. The van der Waals surface area contributed by atoms with Crippen molar-refractivity contribution in [2.24, 2.45) is 0 Å². The number of carbonyl (C=O) groups is 2. The van der Waals surface area contributed by atoms with Gasteiger partial charge in [-0.15, -0.1) is 0 Å². The topological polar surface area (TPSA) is 64.6 Å². The number of hydrogen-bond donors (Lipinski definition) is 1. The predicted octanol–water partition coefficient (Wildman–Crippen LogP) is 5.15. The summed E-state index contributed by atoms with van der Waals surface area (Å²) in [7, 11) is 0. The van der Waals surface area contributed by atoms with Gasteiger partial charge in [0, 0.05) is 18.5 Å². The van der Waals surface area contributed by atoms with Gasteiger partial charge >= 0.3 is 5.97 Å². The number of benzene rings is 2. The lowest BCUT2D eigenvalue weighted by Gasteiger charge is -2.08. The lowest BCUT2D eigenvalue weighted by atomic mass is 10.1. The van der Waals surface area contributed by atoms with E-state index in [4.69, 9.17) is 9.47 Å². The van der Waals surface area contributed by atoms with Crippen molar-refractivity contribution in [2.45, 2.75) is 51.9 Å². The van der Waals surface area contributed by atoms with Gasteiger partial charge in [-0.2, -0.15) is 0 Å². The number of esters is 1. The molecule has 156 valence electrons. The van der Waals surface area contributed by atoms with E-state index < -0.39 is 0 Å². The van der Waals surface area contributed by atoms with Gasteiger partial charge in [0.2, 0.25) is 5.91 Å². The normalized spacial score (nSPS) is 10.4.